The highest BCUT2D eigenvalue weighted by molar-refractivity contribution is 9.09. The zero-order chi connectivity index (χ0) is 9.85. The Labute approximate surface area is 90.6 Å². The molecular formula is C12H21Br. The predicted octanol–water partition coefficient (Wildman–Crippen LogP) is 4.23. The molecule has 0 aromatic rings. The number of fused-ring (bicyclic) bond motifs is 2. The Balaban J connectivity index is 2.34. The van der Waals surface area contributed by atoms with Gasteiger partial charge in [-0.05, 0) is 41.9 Å². The number of hydrogen-bond acceptors (Lipinski definition) is 0. The van der Waals surface area contributed by atoms with Crippen LogP contribution in [0.5, 0.6) is 0 Å². The Hall–Kier alpha value is 0.480. The Morgan fingerprint density at radius 1 is 1.31 bits per heavy atom. The number of alkyl halides is 1. The van der Waals surface area contributed by atoms with E-state index in [9.17, 15) is 0 Å². The summed E-state index contributed by atoms with van der Waals surface area (Å²) >= 11 is 3.81. The second-order valence-electron chi connectivity index (χ2n) is 6.07. The van der Waals surface area contributed by atoms with Gasteiger partial charge in [-0.15, -0.1) is 0 Å². The van der Waals surface area contributed by atoms with Gasteiger partial charge >= 0.3 is 0 Å². The second-order valence-corrected chi connectivity index (χ2v) is 7.51. The highest BCUT2D eigenvalue weighted by Gasteiger charge is 2.60. The summed E-state index contributed by atoms with van der Waals surface area (Å²) in [7, 11) is 0. The molecule has 2 aliphatic carbocycles. The molecule has 0 spiro atoms. The minimum atomic E-state index is 0.565. The quantitative estimate of drug-likeness (QED) is 0.606. The molecule has 1 heteroatoms. The summed E-state index contributed by atoms with van der Waals surface area (Å²) < 4.78 is 0. The number of rotatable bonds is 1. The van der Waals surface area contributed by atoms with Crippen LogP contribution in [-0.2, 0) is 0 Å². The summed E-state index contributed by atoms with van der Waals surface area (Å²) in [4.78, 5) is 0.679. The maximum atomic E-state index is 3.81. The van der Waals surface area contributed by atoms with Crippen LogP contribution in [0.4, 0.5) is 0 Å². The highest BCUT2D eigenvalue weighted by atomic mass is 79.9. The van der Waals surface area contributed by atoms with E-state index in [4.69, 9.17) is 0 Å². The van der Waals surface area contributed by atoms with E-state index in [0.29, 0.717) is 15.7 Å². The fourth-order valence-corrected chi connectivity index (χ4v) is 5.81. The first-order chi connectivity index (χ1) is 5.88. The fraction of sp³-hybridized carbons (Fsp3) is 1.00. The monoisotopic (exact) mass is 244 g/mol. The summed E-state index contributed by atoms with van der Waals surface area (Å²) in [6.07, 6.45) is 4.40. The molecule has 0 amide bonds. The van der Waals surface area contributed by atoms with E-state index in [0.717, 1.165) is 11.8 Å². The largest absolute Gasteiger partial charge is 0.0890 e. The van der Waals surface area contributed by atoms with E-state index in [1.54, 1.807) is 0 Å². The molecule has 0 aliphatic heterocycles. The van der Waals surface area contributed by atoms with Crippen LogP contribution in [0.2, 0.25) is 0 Å². The molecule has 0 N–H and O–H groups in total. The predicted molar refractivity (Wildman–Crippen MR) is 61.1 cm³/mol. The van der Waals surface area contributed by atoms with Crippen LogP contribution in [-0.4, -0.2) is 4.83 Å². The van der Waals surface area contributed by atoms with Crippen LogP contribution in [0.15, 0.2) is 0 Å². The molecule has 0 aromatic heterocycles. The topological polar surface area (TPSA) is 0 Å². The van der Waals surface area contributed by atoms with Crippen LogP contribution >= 0.6 is 15.9 Å². The summed E-state index contributed by atoms with van der Waals surface area (Å²) in [5.74, 6) is 1.86. The third-order valence-corrected chi connectivity index (χ3v) is 5.37. The average Bonchev–Trinajstić information content (AvgIpc) is 2.36. The van der Waals surface area contributed by atoms with Crippen molar-refractivity contribution in [2.45, 2.75) is 51.8 Å². The van der Waals surface area contributed by atoms with Gasteiger partial charge in [0.25, 0.3) is 0 Å². The van der Waals surface area contributed by atoms with Crippen molar-refractivity contribution in [3.05, 3.63) is 0 Å². The first-order valence-corrected chi connectivity index (χ1v) is 6.43. The van der Waals surface area contributed by atoms with Crippen molar-refractivity contribution < 1.29 is 0 Å². The van der Waals surface area contributed by atoms with Crippen molar-refractivity contribution in [2.75, 3.05) is 0 Å². The van der Waals surface area contributed by atoms with Crippen LogP contribution < -0.4 is 0 Å². The van der Waals surface area contributed by atoms with Crippen LogP contribution in [0, 0.1) is 22.7 Å². The molecule has 0 aromatic carbocycles. The molecule has 4 atom stereocenters. The molecule has 0 heterocycles. The van der Waals surface area contributed by atoms with Gasteiger partial charge in [0.15, 0.2) is 0 Å². The summed E-state index contributed by atoms with van der Waals surface area (Å²) in [6.45, 7) is 9.79. The second kappa shape index (κ2) is 2.74. The van der Waals surface area contributed by atoms with Gasteiger partial charge in [-0.2, -0.15) is 0 Å². The normalized spacial score (nSPS) is 49.6. The molecule has 2 aliphatic rings. The maximum absolute atomic E-state index is 3.81. The van der Waals surface area contributed by atoms with Gasteiger partial charge in [-0.25, -0.2) is 0 Å². The first kappa shape index (κ1) is 10.0. The molecular weight excluding hydrogens is 224 g/mol. The zero-order valence-electron chi connectivity index (χ0n) is 9.23. The van der Waals surface area contributed by atoms with E-state index < -0.39 is 0 Å². The molecule has 0 saturated heterocycles. The smallest absolute Gasteiger partial charge is 0.0156 e. The fourth-order valence-electron chi connectivity index (χ4n) is 4.49. The van der Waals surface area contributed by atoms with Gasteiger partial charge in [-0.1, -0.05) is 43.6 Å². The van der Waals surface area contributed by atoms with Gasteiger partial charge in [0.1, 0.15) is 0 Å². The lowest BCUT2D eigenvalue weighted by atomic mass is 9.63. The summed E-state index contributed by atoms with van der Waals surface area (Å²) in [5, 5.41) is 0. The van der Waals surface area contributed by atoms with Crippen molar-refractivity contribution >= 4 is 15.9 Å². The standard InChI is InChI=1S/C12H21Br/c1-8(13)10-11(2,3)9-5-6-12(10,4)7-9/h8-10H,5-7H2,1-4H3. The van der Waals surface area contributed by atoms with Crippen LogP contribution in [0.25, 0.3) is 0 Å². The van der Waals surface area contributed by atoms with Crippen molar-refractivity contribution in [1.29, 1.82) is 0 Å². The zero-order valence-corrected chi connectivity index (χ0v) is 10.8. The molecule has 4 unspecified atom stereocenters. The lowest BCUT2D eigenvalue weighted by Crippen LogP contribution is -2.39. The van der Waals surface area contributed by atoms with Gasteiger partial charge in [0.2, 0.25) is 0 Å². The minimum Gasteiger partial charge on any atom is -0.0890 e. The highest BCUT2D eigenvalue weighted by Crippen LogP contribution is 2.67. The number of halogens is 1. The van der Waals surface area contributed by atoms with E-state index in [-0.39, 0.29) is 0 Å². The Morgan fingerprint density at radius 3 is 2.23 bits per heavy atom. The molecule has 2 fully saturated rings. The Bertz CT molecular complexity index is 214. The lowest BCUT2D eigenvalue weighted by molar-refractivity contribution is 0.0775. The average molecular weight is 245 g/mol. The molecule has 76 valence electrons. The van der Waals surface area contributed by atoms with Crippen LogP contribution in [0.1, 0.15) is 47.0 Å². The van der Waals surface area contributed by atoms with Crippen LogP contribution in [0.3, 0.4) is 0 Å². The van der Waals surface area contributed by atoms with E-state index in [2.05, 4.69) is 43.6 Å². The first-order valence-electron chi connectivity index (χ1n) is 5.52. The van der Waals surface area contributed by atoms with Crippen molar-refractivity contribution in [3.63, 3.8) is 0 Å². The molecule has 2 bridgehead atoms. The van der Waals surface area contributed by atoms with E-state index in [1.165, 1.54) is 19.3 Å². The van der Waals surface area contributed by atoms with Gasteiger partial charge in [0, 0.05) is 4.83 Å². The van der Waals surface area contributed by atoms with E-state index in [1.807, 2.05) is 0 Å². The lowest BCUT2D eigenvalue weighted by Gasteiger charge is -2.44. The summed E-state index contributed by atoms with van der Waals surface area (Å²) in [6, 6.07) is 0. The molecule has 2 saturated carbocycles. The molecule has 2 rings (SSSR count). The Kier molecular flexibility index (Phi) is 2.11. The van der Waals surface area contributed by atoms with Crippen molar-refractivity contribution in [2.24, 2.45) is 22.7 Å². The SMILES string of the molecule is CC(Br)C1C2(C)CCC(C2)C1(C)C. The molecule has 0 radical (unpaired) electrons. The van der Waals surface area contributed by atoms with Crippen molar-refractivity contribution in [3.8, 4) is 0 Å². The summed E-state index contributed by atoms with van der Waals surface area (Å²) in [5.41, 5.74) is 1.20. The molecule has 0 nitrogen and oxygen atoms in total. The third kappa shape index (κ3) is 1.22. The Morgan fingerprint density at radius 2 is 1.92 bits per heavy atom. The van der Waals surface area contributed by atoms with Gasteiger partial charge < -0.3 is 0 Å². The number of hydrogen-bond donors (Lipinski definition) is 0. The van der Waals surface area contributed by atoms with E-state index >= 15 is 0 Å². The molecule has 13 heavy (non-hydrogen) atoms. The van der Waals surface area contributed by atoms with Gasteiger partial charge in [-0.3, -0.25) is 0 Å². The maximum Gasteiger partial charge on any atom is 0.0156 e. The third-order valence-electron chi connectivity index (χ3n) is 4.84. The minimum absolute atomic E-state index is 0.565. The van der Waals surface area contributed by atoms with Gasteiger partial charge in [0.05, 0.1) is 0 Å². The van der Waals surface area contributed by atoms with Crippen molar-refractivity contribution in [1.82, 2.24) is 0 Å².